The smallest absolute Gasteiger partial charge is 0.261 e. The van der Waals surface area contributed by atoms with Crippen molar-refractivity contribution in [3.63, 3.8) is 0 Å². The topological polar surface area (TPSA) is 64.0 Å². The minimum atomic E-state index is -3.60. The van der Waals surface area contributed by atoms with E-state index < -0.39 is 10.0 Å². The van der Waals surface area contributed by atoms with Gasteiger partial charge in [0.15, 0.2) is 0 Å². The highest BCUT2D eigenvalue weighted by atomic mass is 35.5. The van der Waals surface area contributed by atoms with Crippen molar-refractivity contribution in [2.45, 2.75) is 29.5 Å². The van der Waals surface area contributed by atoms with Crippen molar-refractivity contribution < 1.29 is 8.42 Å². The molecule has 8 heteroatoms. The molecule has 1 aromatic rings. The molecule has 1 atom stereocenters. The average molecular weight is 310 g/mol. The number of hydrogen-bond donors (Lipinski definition) is 1. The number of nitrogens with zero attached hydrogens (tertiary/aromatic N) is 2. The highest BCUT2D eigenvalue weighted by Crippen LogP contribution is 2.25. The van der Waals surface area contributed by atoms with Gasteiger partial charge in [-0.15, -0.1) is 0 Å². The highest BCUT2D eigenvalue weighted by Gasteiger charge is 2.24. The number of aromatic nitrogens is 2. The molecule has 1 saturated heterocycles. The quantitative estimate of drug-likeness (QED) is 0.918. The molecule has 0 aromatic carbocycles. The van der Waals surface area contributed by atoms with Crippen molar-refractivity contribution in [2.75, 3.05) is 12.3 Å². The molecule has 0 saturated carbocycles. The van der Waals surface area contributed by atoms with Crippen LogP contribution < -0.4 is 4.72 Å². The van der Waals surface area contributed by atoms with Crippen LogP contribution in [0.4, 0.5) is 0 Å². The van der Waals surface area contributed by atoms with Gasteiger partial charge in [-0.3, -0.25) is 0 Å². The summed E-state index contributed by atoms with van der Waals surface area (Å²) in [5, 5.41) is 0.405. The second-order valence-electron chi connectivity index (χ2n) is 4.29. The molecule has 1 unspecified atom stereocenters. The van der Waals surface area contributed by atoms with E-state index in [0.717, 1.165) is 12.2 Å². The van der Waals surface area contributed by atoms with Gasteiger partial charge in [-0.25, -0.2) is 18.1 Å². The molecule has 0 aliphatic carbocycles. The van der Waals surface area contributed by atoms with Crippen LogP contribution in [0.25, 0.3) is 0 Å². The number of halogens is 1. The Labute approximate surface area is 116 Å². The summed E-state index contributed by atoms with van der Waals surface area (Å²) >= 11 is 7.71. The van der Waals surface area contributed by atoms with Gasteiger partial charge in [0.05, 0.1) is 6.33 Å². The molecule has 2 heterocycles. The van der Waals surface area contributed by atoms with E-state index in [1.807, 2.05) is 11.8 Å². The number of sulfonamides is 1. The number of imidazole rings is 1. The van der Waals surface area contributed by atoms with Gasteiger partial charge in [-0.2, -0.15) is 11.8 Å². The van der Waals surface area contributed by atoms with Crippen LogP contribution in [0.2, 0.25) is 5.15 Å². The van der Waals surface area contributed by atoms with E-state index in [1.54, 1.807) is 7.05 Å². The van der Waals surface area contributed by atoms with Crippen LogP contribution >= 0.6 is 23.4 Å². The molecule has 18 heavy (non-hydrogen) atoms. The monoisotopic (exact) mass is 309 g/mol. The van der Waals surface area contributed by atoms with Crippen molar-refractivity contribution in [2.24, 2.45) is 7.05 Å². The Morgan fingerprint density at radius 1 is 1.61 bits per heavy atom. The molecule has 1 fully saturated rings. The molecular weight excluding hydrogens is 294 g/mol. The third-order valence-electron chi connectivity index (χ3n) is 2.86. The molecule has 1 aliphatic heterocycles. The molecule has 102 valence electrons. The van der Waals surface area contributed by atoms with E-state index in [1.165, 1.54) is 23.7 Å². The van der Waals surface area contributed by atoms with E-state index in [4.69, 9.17) is 11.6 Å². The Balaban J connectivity index is 2.01. The van der Waals surface area contributed by atoms with Crippen LogP contribution in [0.1, 0.15) is 19.3 Å². The van der Waals surface area contributed by atoms with Crippen LogP contribution in [0.5, 0.6) is 0 Å². The number of hydrogen-bond acceptors (Lipinski definition) is 4. The zero-order chi connectivity index (χ0) is 13.2. The first-order chi connectivity index (χ1) is 8.50. The van der Waals surface area contributed by atoms with Crippen molar-refractivity contribution in [1.82, 2.24) is 14.3 Å². The van der Waals surface area contributed by atoms with E-state index in [2.05, 4.69) is 9.71 Å². The van der Waals surface area contributed by atoms with Crippen LogP contribution in [-0.2, 0) is 17.1 Å². The summed E-state index contributed by atoms with van der Waals surface area (Å²) in [7, 11) is -1.94. The number of aryl methyl sites for hydroxylation is 1. The number of nitrogens with one attached hydrogen (secondary N) is 1. The van der Waals surface area contributed by atoms with Crippen molar-refractivity contribution in [3.05, 3.63) is 11.5 Å². The molecule has 0 bridgehead atoms. The Kier molecular flexibility index (Phi) is 4.58. The first kappa shape index (κ1) is 14.2. The summed E-state index contributed by atoms with van der Waals surface area (Å²) in [6, 6.07) is 0. The standard InChI is InChI=1S/C10H16ClN3O2S2/c1-14-7-12-10(9(14)11)18(15,16)13-6-8-4-2-3-5-17-8/h7-8,13H,2-6H2,1H3. The van der Waals surface area contributed by atoms with Gasteiger partial charge < -0.3 is 4.57 Å². The second kappa shape index (κ2) is 5.81. The van der Waals surface area contributed by atoms with Crippen LogP contribution in [0.15, 0.2) is 11.4 Å². The fourth-order valence-electron chi connectivity index (χ4n) is 1.81. The number of thioether (sulfide) groups is 1. The Morgan fingerprint density at radius 3 is 2.94 bits per heavy atom. The summed E-state index contributed by atoms with van der Waals surface area (Å²) < 4.78 is 28.1. The Hall–Kier alpha value is -0.240. The predicted molar refractivity (Wildman–Crippen MR) is 73.5 cm³/mol. The van der Waals surface area contributed by atoms with Crippen molar-refractivity contribution in [3.8, 4) is 0 Å². The fourth-order valence-corrected chi connectivity index (χ4v) is 4.66. The van der Waals surface area contributed by atoms with E-state index in [-0.39, 0.29) is 10.2 Å². The average Bonchev–Trinajstić information content (AvgIpc) is 2.70. The lowest BCUT2D eigenvalue weighted by atomic mass is 10.2. The summed E-state index contributed by atoms with van der Waals surface area (Å²) in [5.74, 6) is 1.11. The lowest BCUT2D eigenvalue weighted by Gasteiger charge is -2.21. The highest BCUT2D eigenvalue weighted by molar-refractivity contribution is 8.00. The van der Waals surface area contributed by atoms with Gasteiger partial charge >= 0.3 is 0 Å². The second-order valence-corrected chi connectivity index (χ2v) is 7.74. The Morgan fingerprint density at radius 2 is 2.39 bits per heavy atom. The normalized spacial score (nSPS) is 21.1. The largest absolute Gasteiger partial charge is 0.324 e. The van der Waals surface area contributed by atoms with Gasteiger partial charge in [0.2, 0.25) is 5.03 Å². The van der Waals surface area contributed by atoms with Crippen molar-refractivity contribution in [1.29, 1.82) is 0 Å². The van der Waals surface area contributed by atoms with Gasteiger partial charge in [0.25, 0.3) is 10.0 Å². The van der Waals surface area contributed by atoms with E-state index in [0.29, 0.717) is 11.8 Å². The SMILES string of the molecule is Cn1cnc(S(=O)(=O)NCC2CCCCS2)c1Cl. The van der Waals surface area contributed by atoms with E-state index >= 15 is 0 Å². The number of rotatable bonds is 4. The maximum absolute atomic E-state index is 12.0. The minimum Gasteiger partial charge on any atom is -0.324 e. The van der Waals surface area contributed by atoms with Crippen LogP contribution in [0.3, 0.4) is 0 Å². The molecule has 1 N–H and O–H groups in total. The first-order valence-electron chi connectivity index (χ1n) is 5.79. The lowest BCUT2D eigenvalue weighted by Crippen LogP contribution is -2.32. The third kappa shape index (κ3) is 3.20. The summed E-state index contributed by atoms with van der Waals surface area (Å²) in [6.45, 7) is 0.444. The molecule has 1 aliphatic rings. The van der Waals surface area contributed by atoms with Crippen LogP contribution in [0, 0.1) is 0 Å². The summed E-state index contributed by atoms with van der Waals surface area (Å²) in [6.07, 6.45) is 4.85. The molecule has 0 amide bonds. The molecule has 0 spiro atoms. The zero-order valence-electron chi connectivity index (χ0n) is 10.1. The molecular formula is C10H16ClN3O2S2. The maximum Gasteiger partial charge on any atom is 0.261 e. The molecule has 1 aromatic heterocycles. The van der Waals surface area contributed by atoms with Gasteiger partial charge in [-0.05, 0) is 18.6 Å². The lowest BCUT2D eigenvalue weighted by molar-refractivity contribution is 0.571. The molecule has 5 nitrogen and oxygen atoms in total. The van der Waals surface area contributed by atoms with Gasteiger partial charge in [-0.1, -0.05) is 18.0 Å². The molecule has 0 radical (unpaired) electrons. The Bertz CT molecular complexity index is 509. The van der Waals surface area contributed by atoms with Crippen molar-refractivity contribution >= 4 is 33.4 Å². The minimum absolute atomic E-state index is 0.0903. The fraction of sp³-hybridized carbons (Fsp3) is 0.700. The third-order valence-corrected chi connectivity index (χ3v) is 6.17. The predicted octanol–water partition coefficient (Wildman–Crippen LogP) is 1.64. The summed E-state index contributed by atoms with van der Waals surface area (Å²) in [5.41, 5.74) is 0. The van der Waals surface area contributed by atoms with Gasteiger partial charge in [0.1, 0.15) is 5.15 Å². The van der Waals surface area contributed by atoms with Gasteiger partial charge in [0, 0.05) is 18.8 Å². The maximum atomic E-state index is 12.0. The van der Waals surface area contributed by atoms with E-state index in [9.17, 15) is 8.42 Å². The molecule has 2 rings (SSSR count). The van der Waals surface area contributed by atoms with Crippen LogP contribution in [-0.4, -0.2) is 35.5 Å². The zero-order valence-corrected chi connectivity index (χ0v) is 12.5. The summed E-state index contributed by atoms with van der Waals surface area (Å²) in [4.78, 5) is 3.82. The first-order valence-corrected chi connectivity index (χ1v) is 8.70.